The van der Waals surface area contributed by atoms with Crippen molar-refractivity contribution in [2.24, 2.45) is 0 Å². The Balaban J connectivity index is 2.10. The van der Waals surface area contributed by atoms with Gasteiger partial charge in [-0.25, -0.2) is 4.79 Å². The summed E-state index contributed by atoms with van der Waals surface area (Å²) in [5, 5.41) is 17.0. The van der Waals surface area contributed by atoms with E-state index in [4.69, 9.17) is 4.74 Å². The number of rotatable bonds is 10. The molecule has 0 unspecified atom stereocenters. The van der Waals surface area contributed by atoms with Gasteiger partial charge in [-0.2, -0.15) is 0 Å². The third kappa shape index (κ3) is 6.60. The Bertz CT molecular complexity index is 851. The zero-order chi connectivity index (χ0) is 21.2. The van der Waals surface area contributed by atoms with Crippen molar-refractivity contribution in [2.45, 2.75) is 39.3 Å². The molecule has 0 aliphatic rings. The topological polar surface area (TPSA) is 111 Å². The van der Waals surface area contributed by atoms with Crippen molar-refractivity contribution < 1.29 is 19.2 Å². The maximum Gasteiger partial charge on any atom is 0.341 e. The molecule has 2 N–H and O–H groups in total. The van der Waals surface area contributed by atoms with Gasteiger partial charge in [-0.1, -0.05) is 44.2 Å². The predicted molar refractivity (Wildman–Crippen MR) is 110 cm³/mol. The lowest BCUT2D eigenvalue weighted by Gasteiger charge is -2.15. The normalized spacial score (nSPS) is 10.4. The van der Waals surface area contributed by atoms with Crippen LogP contribution in [0.3, 0.4) is 0 Å². The number of hydrogen-bond acceptors (Lipinski definition) is 6. The van der Waals surface area contributed by atoms with Crippen molar-refractivity contribution in [2.75, 3.05) is 11.9 Å². The molecule has 29 heavy (non-hydrogen) atoms. The summed E-state index contributed by atoms with van der Waals surface area (Å²) in [6.07, 6.45) is 1.54. The second kappa shape index (κ2) is 10.8. The van der Waals surface area contributed by atoms with Gasteiger partial charge in [-0.05, 0) is 24.5 Å². The number of benzene rings is 2. The number of carbonyl (C=O) groups is 2. The monoisotopic (exact) mass is 399 g/mol. The molecule has 0 heterocycles. The highest BCUT2D eigenvalue weighted by atomic mass is 16.6. The maximum absolute atomic E-state index is 12.5. The first kappa shape index (κ1) is 21.9. The molecule has 2 aromatic rings. The van der Waals surface area contributed by atoms with E-state index in [1.54, 1.807) is 0 Å². The van der Waals surface area contributed by atoms with E-state index in [1.807, 2.05) is 44.2 Å². The Hall–Kier alpha value is -3.42. The molecule has 0 saturated heterocycles. The molecule has 0 aliphatic carbocycles. The molecule has 0 saturated carbocycles. The molecule has 2 rings (SSSR count). The van der Waals surface area contributed by atoms with Gasteiger partial charge in [0.25, 0.3) is 11.6 Å². The van der Waals surface area contributed by atoms with Crippen LogP contribution in [0.2, 0.25) is 0 Å². The van der Waals surface area contributed by atoms with E-state index in [0.29, 0.717) is 12.2 Å². The van der Waals surface area contributed by atoms with Crippen LogP contribution in [0.5, 0.6) is 0 Å². The Morgan fingerprint density at radius 2 is 1.79 bits per heavy atom. The first-order valence-electron chi connectivity index (χ1n) is 9.47. The number of amides is 1. The summed E-state index contributed by atoms with van der Waals surface area (Å²) in [5.41, 5.74) is 1.15. The summed E-state index contributed by atoms with van der Waals surface area (Å²) in [5.74, 6) is -1.21. The molecule has 154 valence electrons. The van der Waals surface area contributed by atoms with Crippen LogP contribution in [-0.2, 0) is 16.1 Å². The van der Waals surface area contributed by atoms with Gasteiger partial charge in [-0.15, -0.1) is 0 Å². The number of nitrogens with zero attached hydrogens (tertiary/aromatic N) is 1. The smallest absolute Gasteiger partial charge is 0.341 e. The minimum absolute atomic E-state index is 0.00506. The summed E-state index contributed by atoms with van der Waals surface area (Å²) < 4.78 is 5.09. The summed E-state index contributed by atoms with van der Waals surface area (Å²) in [7, 11) is 0. The second-order valence-corrected chi connectivity index (χ2v) is 6.48. The molecule has 0 aromatic heterocycles. The number of anilines is 1. The highest BCUT2D eigenvalue weighted by molar-refractivity contribution is 5.97. The van der Waals surface area contributed by atoms with Gasteiger partial charge in [-0.3, -0.25) is 14.9 Å². The number of nitrogens with one attached hydrogen (secondary N) is 2. The van der Waals surface area contributed by atoms with Crippen molar-refractivity contribution in [1.29, 1.82) is 0 Å². The quantitative estimate of drug-likeness (QED) is 0.358. The lowest BCUT2D eigenvalue weighted by Crippen LogP contribution is -2.36. The fourth-order valence-corrected chi connectivity index (χ4v) is 2.73. The number of non-ortho nitro benzene ring substituents is 1. The SMILES string of the molecule is CCC(CC)NC(=O)COC(=O)c1cc([N+](=O)[O-])ccc1NCc1ccccc1. The number of ether oxygens (including phenoxy) is 1. The summed E-state index contributed by atoms with van der Waals surface area (Å²) in [6.45, 7) is 3.88. The third-order valence-corrected chi connectivity index (χ3v) is 4.44. The first-order valence-corrected chi connectivity index (χ1v) is 9.47. The van der Waals surface area contributed by atoms with Gasteiger partial charge in [0.2, 0.25) is 0 Å². The highest BCUT2D eigenvalue weighted by Crippen LogP contribution is 2.23. The zero-order valence-corrected chi connectivity index (χ0v) is 16.5. The van der Waals surface area contributed by atoms with Gasteiger partial charge in [0, 0.05) is 30.4 Å². The van der Waals surface area contributed by atoms with E-state index in [-0.39, 0.29) is 17.3 Å². The average Bonchev–Trinajstić information content (AvgIpc) is 2.74. The Kier molecular flexibility index (Phi) is 8.14. The van der Waals surface area contributed by atoms with Crippen LogP contribution in [0, 0.1) is 10.1 Å². The van der Waals surface area contributed by atoms with Gasteiger partial charge in [0.1, 0.15) is 0 Å². The van der Waals surface area contributed by atoms with Gasteiger partial charge >= 0.3 is 5.97 Å². The van der Waals surface area contributed by atoms with Crippen molar-refractivity contribution in [3.05, 3.63) is 69.8 Å². The number of hydrogen-bond donors (Lipinski definition) is 2. The Morgan fingerprint density at radius 1 is 1.10 bits per heavy atom. The minimum Gasteiger partial charge on any atom is -0.452 e. The fraction of sp³-hybridized carbons (Fsp3) is 0.333. The lowest BCUT2D eigenvalue weighted by molar-refractivity contribution is -0.384. The Morgan fingerprint density at radius 3 is 2.41 bits per heavy atom. The van der Waals surface area contributed by atoms with Crippen molar-refractivity contribution in [3.63, 3.8) is 0 Å². The number of nitro groups is 1. The van der Waals surface area contributed by atoms with Crippen molar-refractivity contribution in [3.8, 4) is 0 Å². The second-order valence-electron chi connectivity index (χ2n) is 6.48. The van der Waals surface area contributed by atoms with Crippen LogP contribution in [0.1, 0.15) is 42.6 Å². The lowest BCUT2D eigenvalue weighted by atomic mass is 10.1. The number of nitro benzene ring substituents is 1. The van der Waals surface area contributed by atoms with Gasteiger partial charge < -0.3 is 15.4 Å². The van der Waals surface area contributed by atoms with E-state index in [9.17, 15) is 19.7 Å². The highest BCUT2D eigenvalue weighted by Gasteiger charge is 2.19. The van der Waals surface area contributed by atoms with Crippen LogP contribution < -0.4 is 10.6 Å². The maximum atomic E-state index is 12.5. The van der Waals surface area contributed by atoms with Crippen molar-refractivity contribution in [1.82, 2.24) is 5.32 Å². The van der Waals surface area contributed by atoms with E-state index < -0.39 is 23.4 Å². The number of esters is 1. The summed E-state index contributed by atoms with van der Waals surface area (Å²) in [6, 6.07) is 13.4. The van der Waals surface area contributed by atoms with Gasteiger partial charge in [0.05, 0.1) is 10.5 Å². The Labute approximate surface area is 169 Å². The molecule has 8 heteroatoms. The zero-order valence-electron chi connectivity index (χ0n) is 16.5. The molecule has 0 spiro atoms. The average molecular weight is 399 g/mol. The molecule has 0 radical (unpaired) electrons. The standard InChI is InChI=1S/C21H25N3O5/c1-3-16(4-2)23-20(25)14-29-21(26)18-12-17(24(27)28)10-11-19(18)22-13-15-8-6-5-7-9-15/h5-12,16,22H,3-4,13-14H2,1-2H3,(H,23,25). The van der Waals surface area contributed by atoms with Gasteiger partial charge in [0.15, 0.2) is 6.61 Å². The van der Waals surface area contributed by atoms with E-state index in [1.165, 1.54) is 12.1 Å². The molecule has 2 aromatic carbocycles. The molecule has 0 atom stereocenters. The summed E-state index contributed by atoms with van der Waals surface area (Å²) >= 11 is 0. The molecule has 1 amide bonds. The van der Waals surface area contributed by atoms with Crippen LogP contribution in [0.15, 0.2) is 48.5 Å². The predicted octanol–water partition coefficient (Wildman–Crippen LogP) is 3.67. The largest absolute Gasteiger partial charge is 0.452 e. The van der Waals surface area contributed by atoms with E-state index in [2.05, 4.69) is 10.6 Å². The van der Waals surface area contributed by atoms with Crippen LogP contribution in [0.25, 0.3) is 0 Å². The molecular formula is C21H25N3O5. The third-order valence-electron chi connectivity index (χ3n) is 4.44. The van der Waals surface area contributed by atoms with Crippen LogP contribution in [0.4, 0.5) is 11.4 Å². The molecule has 0 fully saturated rings. The molecular weight excluding hydrogens is 374 g/mol. The molecule has 0 aliphatic heterocycles. The molecule has 0 bridgehead atoms. The van der Waals surface area contributed by atoms with Crippen LogP contribution in [-0.4, -0.2) is 29.4 Å². The summed E-state index contributed by atoms with van der Waals surface area (Å²) in [4.78, 5) is 35.0. The van der Waals surface area contributed by atoms with E-state index >= 15 is 0 Å². The molecule has 8 nitrogen and oxygen atoms in total. The number of carbonyl (C=O) groups excluding carboxylic acids is 2. The van der Waals surface area contributed by atoms with Crippen LogP contribution >= 0.6 is 0 Å². The first-order chi connectivity index (χ1) is 13.9. The van der Waals surface area contributed by atoms with E-state index in [0.717, 1.165) is 24.5 Å². The van der Waals surface area contributed by atoms with Crippen molar-refractivity contribution >= 4 is 23.3 Å². The fourth-order valence-electron chi connectivity index (χ4n) is 2.73. The minimum atomic E-state index is -0.802.